The lowest BCUT2D eigenvalue weighted by Gasteiger charge is -2.44. The largest absolute Gasteiger partial charge is 0.329 e. The highest BCUT2D eigenvalue weighted by atomic mass is 15.2. The molecule has 2 N–H and O–H groups in total. The Labute approximate surface area is 130 Å². The molecule has 0 aromatic heterocycles. The summed E-state index contributed by atoms with van der Waals surface area (Å²) >= 11 is 0. The molecule has 1 aromatic rings. The molecule has 0 spiro atoms. The molecule has 21 heavy (non-hydrogen) atoms. The Morgan fingerprint density at radius 3 is 2.05 bits per heavy atom. The third-order valence-electron chi connectivity index (χ3n) is 5.01. The minimum Gasteiger partial charge on any atom is -0.329 e. The Kier molecular flexibility index (Phi) is 5.11. The van der Waals surface area contributed by atoms with Crippen molar-refractivity contribution in [1.82, 2.24) is 4.90 Å². The molecule has 0 bridgehead atoms. The average Bonchev–Trinajstić information content (AvgIpc) is 2.42. The van der Waals surface area contributed by atoms with E-state index in [0.29, 0.717) is 24.7 Å². The lowest BCUT2D eigenvalue weighted by atomic mass is 9.85. The molecule has 118 valence electrons. The summed E-state index contributed by atoms with van der Waals surface area (Å²) in [7, 11) is 0. The third-order valence-corrected chi connectivity index (χ3v) is 5.01. The molecule has 0 amide bonds. The van der Waals surface area contributed by atoms with Crippen LogP contribution < -0.4 is 5.73 Å². The lowest BCUT2D eigenvalue weighted by molar-refractivity contribution is 0.0577. The van der Waals surface area contributed by atoms with Crippen molar-refractivity contribution in [3.8, 4) is 0 Å². The van der Waals surface area contributed by atoms with Crippen LogP contribution in [0.25, 0.3) is 0 Å². The van der Waals surface area contributed by atoms with E-state index in [1.165, 1.54) is 30.4 Å². The topological polar surface area (TPSA) is 29.3 Å². The van der Waals surface area contributed by atoms with Crippen LogP contribution in [0.2, 0.25) is 0 Å². The van der Waals surface area contributed by atoms with Crippen molar-refractivity contribution in [3.05, 3.63) is 35.4 Å². The highest BCUT2D eigenvalue weighted by Gasteiger charge is 2.31. The quantitative estimate of drug-likeness (QED) is 0.901. The van der Waals surface area contributed by atoms with Crippen molar-refractivity contribution >= 4 is 0 Å². The van der Waals surface area contributed by atoms with E-state index in [4.69, 9.17) is 5.73 Å². The van der Waals surface area contributed by atoms with Crippen LogP contribution in [0.4, 0.5) is 0 Å². The number of rotatable bonds is 3. The van der Waals surface area contributed by atoms with Crippen LogP contribution in [-0.4, -0.2) is 23.5 Å². The van der Waals surface area contributed by atoms with E-state index in [1.807, 2.05) is 0 Å². The monoisotopic (exact) mass is 288 g/mol. The van der Waals surface area contributed by atoms with E-state index in [-0.39, 0.29) is 5.41 Å². The molecular weight excluding hydrogens is 256 g/mol. The molecule has 0 radical (unpaired) electrons. The van der Waals surface area contributed by atoms with Crippen molar-refractivity contribution in [2.24, 2.45) is 5.73 Å². The van der Waals surface area contributed by atoms with E-state index in [0.717, 1.165) is 0 Å². The van der Waals surface area contributed by atoms with Gasteiger partial charge in [-0.3, -0.25) is 4.90 Å². The SMILES string of the molecule is C[C@@H]1CCC[C@H](C)N1C(CN)c1ccc(C(C)(C)C)cc1. The van der Waals surface area contributed by atoms with Crippen LogP contribution in [0.15, 0.2) is 24.3 Å². The fourth-order valence-corrected chi connectivity index (χ4v) is 3.69. The van der Waals surface area contributed by atoms with Crippen LogP contribution in [0, 0.1) is 0 Å². The average molecular weight is 288 g/mol. The van der Waals surface area contributed by atoms with Crippen LogP contribution in [0.1, 0.15) is 71.0 Å². The zero-order valence-corrected chi connectivity index (χ0v) is 14.4. The molecule has 1 aliphatic heterocycles. The molecule has 2 nitrogen and oxygen atoms in total. The van der Waals surface area contributed by atoms with Crippen LogP contribution >= 0.6 is 0 Å². The zero-order chi connectivity index (χ0) is 15.6. The maximum absolute atomic E-state index is 6.14. The van der Waals surface area contributed by atoms with Gasteiger partial charge in [-0.05, 0) is 43.2 Å². The summed E-state index contributed by atoms with van der Waals surface area (Å²) in [5.41, 5.74) is 9.11. The molecule has 2 heteroatoms. The van der Waals surface area contributed by atoms with Gasteiger partial charge >= 0.3 is 0 Å². The fraction of sp³-hybridized carbons (Fsp3) is 0.684. The number of hydrogen-bond acceptors (Lipinski definition) is 2. The molecular formula is C19H32N2. The van der Waals surface area contributed by atoms with E-state index >= 15 is 0 Å². The first-order chi connectivity index (χ1) is 9.84. The van der Waals surface area contributed by atoms with E-state index < -0.39 is 0 Å². The highest BCUT2D eigenvalue weighted by molar-refractivity contribution is 5.29. The number of likely N-dealkylation sites (tertiary alicyclic amines) is 1. The normalized spacial score (nSPS) is 25.8. The maximum Gasteiger partial charge on any atom is 0.0476 e. The molecule has 1 aliphatic rings. The standard InChI is InChI=1S/C19H32N2/c1-14-7-6-8-15(2)21(14)18(13-20)16-9-11-17(12-10-16)19(3,4)5/h9-12,14-15,18H,6-8,13,20H2,1-5H3/t14-,15+,18?. The predicted octanol–water partition coefficient (Wildman–Crippen LogP) is 4.25. The van der Waals surface area contributed by atoms with Gasteiger partial charge in [-0.2, -0.15) is 0 Å². The summed E-state index contributed by atoms with van der Waals surface area (Å²) in [4.78, 5) is 2.63. The second-order valence-electron chi connectivity index (χ2n) is 7.70. The number of hydrogen-bond donors (Lipinski definition) is 1. The molecule has 2 rings (SSSR count). The van der Waals surface area contributed by atoms with Gasteiger partial charge < -0.3 is 5.73 Å². The Bertz CT molecular complexity index is 434. The molecule has 1 aromatic carbocycles. The van der Waals surface area contributed by atoms with E-state index in [2.05, 4.69) is 63.8 Å². The van der Waals surface area contributed by atoms with Gasteiger partial charge in [0.2, 0.25) is 0 Å². The number of nitrogens with zero attached hydrogens (tertiary/aromatic N) is 1. The smallest absolute Gasteiger partial charge is 0.0476 e. The number of nitrogens with two attached hydrogens (primary N) is 1. The van der Waals surface area contributed by atoms with E-state index in [1.54, 1.807) is 0 Å². The second-order valence-corrected chi connectivity index (χ2v) is 7.70. The Balaban J connectivity index is 2.24. The summed E-state index contributed by atoms with van der Waals surface area (Å²) in [5, 5.41) is 0. The predicted molar refractivity (Wildman–Crippen MR) is 91.6 cm³/mol. The van der Waals surface area contributed by atoms with Gasteiger partial charge in [-0.15, -0.1) is 0 Å². The number of piperidine rings is 1. The number of benzene rings is 1. The van der Waals surface area contributed by atoms with Crippen molar-refractivity contribution in [3.63, 3.8) is 0 Å². The molecule has 1 heterocycles. The van der Waals surface area contributed by atoms with Crippen molar-refractivity contribution < 1.29 is 0 Å². The molecule has 1 unspecified atom stereocenters. The van der Waals surface area contributed by atoms with Crippen molar-refractivity contribution in [2.45, 2.75) is 77.4 Å². The minimum absolute atomic E-state index is 0.211. The molecule has 1 fully saturated rings. The van der Waals surface area contributed by atoms with Crippen LogP contribution in [0.3, 0.4) is 0 Å². The summed E-state index contributed by atoms with van der Waals surface area (Å²) in [5.74, 6) is 0. The fourth-order valence-electron chi connectivity index (χ4n) is 3.69. The summed E-state index contributed by atoms with van der Waals surface area (Å²) in [6, 6.07) is 10.7. The minimum atomic E-state index is 0.211. The van der Waals surface area contributed by atoms with Gasteiger partial charge in [0, 0.05) is 24.7 Å². The van der Waals surface area contributed by atoms with Crippen LogP contribution in [-0.2, 0) is 5.41 Å². The Hall–Kier alpha value is -0.860. The second kappa shape index (κ2) is 6.50. The van der Waals surface area contributed by atoms with Gasteiger partial charge in [0.25, 0.3) is 0 Å². The van der Waals surface area contributed by atoms with Gasteiger partial charge in [0.15, 0.2) is 0 Å². The van der Waals surface area contributed by atoms with Crippen molar-refractivity contribution in [2.75, 3.05) is 6.54 Å². The van der Waals surface area contributed by atoms with Gasteiger partial charge in [0.1, 0.15) is 0 Å². The zero-order valence-electron chi connectivity index (χ0n) is 14.4. The molecule has 0 aliphatic carbocycles. The van der Waals surface area contributed by atoms with Gasteiger partial charge in [0.05, 0.1) is 0 Å². The highest BCUT2D eigenvalue weighted by Crippen LogP contribution is 2.33. The van der Waals surface area contributed by atoms with Gasteiger partial charge in [-0.1, -0.05) is 51.5 Å². The molecule has 0 saturated carbocycles. The lowest BCUT2D eigenvalue weighted by Crippen LogP contribution is -2.48. The third kappa shape index (κ3) is 3.67. The maximum atomic E-state index is 6.14. The van der Waals surface area contributed by atoms with Crippen LogP contribution in [0.5, 0.6) is 0 Å². The molecule has 3 atom stereocenters. The van der Waals surface area contributed by atoms with Crippen molar-refractivity contribution in [1.29, 1.82) is 0 Å². The summed E-state index contributed by atoms with van der Waals surface area (Å²) < 4.78 is 0. The first kappa shape index (κ1) is 16.5. The van der Waals surface area contributed by atoms with Gasteiger partial charge in [-0.25, -0.2) is 0 Å². The van der Waals surface area contributed by atoms with E-state index in [9.17, 15) is 0 Å². The first-order valence-electron chi connectivity index (χ1n) is 8.42. The first-order valence-corrected chi connectivity index (χ1v) is 8.42. The Morgan fingerprint density at radius 1 is 1.10 bits per heavy atom. The molecule has 1 saturated heterocycles. The summed E-state index contributed by atoms with van der Waals surface area (Å²) in [6.45, 7) is 12.2. The summed E-state index contributed by atoms with van der Waals surface area (Å²) in [6.07, 6.45) is 3.93. The Morgan fingerprint density at radius 2 is 1.62 bits per heavy atom.